The Balaban J connectivity index is 1.59. The number of carbonyl (C=O) groups is 2. The minimum atomic E-state index is -4.36. The van der Waals surface area contributed by atoms with Crippen molar-refractivity contribution >= 4 is 50.7 Å². The van der Waals surface area contributed by atoms with E-state index in [0.717, 1.165) is 65.4 Å². The highest BCUT2D eigenvalue weighted by Crippen LogP contribution is 2.29. The van der Waals surface area contributed by atoms with Gasteiger partial charge >= 0.3 is 0 Å². The third-order valence-electron chi connectivity index (χ3n) is 8.37. The van der Waals surface area contributed by atoms with Gasteiger partial charge in [-0.05, 0) is 73.9 Å². The SMILES string of the molecule is Cc1ccc(N(CC(=O)N(Cc2c(Cl)cccc2Cl)[C@H](Cc2ccccc2)C(=O)NC2CCCC2)S(=O)(=O)c2ccc(F)cc2)cc1. The highest BCUT2D eigenvalue weighted by Gasteiger charge is 2.36. The smallest absolute Gasteiger partial charge is 0.264 e. The standard InChI is InChI=1S/C36H36Cl2FN3O4S/c1-25-14-18-29(19-15-25)42(47(45,46)30-20-16-27(39)17-21-30)24-35(43)41(23-31-32(37)12-7-13-33(31)38)34(22-26-8-3-2-4-9-26)36(44)40-28-10-5-6-11-28/h2-4,7-9,12-21,28,34H,5-6,10-11,22-24H2,1H3,(H,40,44)/t34-/m1/s1. The summed E-state index contributed by atoms with van der Waals surface area (Å²) in [6.45, 7) is 1.07. The van der Waals surface area contributed by atoms with Gasteiger partial charge in [0.05, 0.1) is 10.6 Å². The van der Waals surface area contributed by atoms with E-state index < -0.39 is 34.3 Å². The molecular weight excluding hydrogens is 660 g/mol. The van der Waals surface area contributed by atoms with E-state index >= 15 is 0 Å². The largest absolute Gasteiger partial charge is 0.352 e. The zero-order valence-corrected chi connectivity index (χ0v) is 28.2. The molecule has 47 heavy (non-hydrogen) atoms. The Labute approximate surface area is 285 Å². The van der Waals surface area contributed by atoms with Crippen molar-refractivity contribution in [1.82, 2.24) is 10.2 Å². The fraction of sp³-hybridized carbons (Fsp3) is 0.278. The number of nitrogens with one attached hydrogen (secondary N) is 1. The number of benzene rings is 4. The second kappa shape index (κ2) is 15.3. The van der Waals surface area contributed by atoms with Crippen molar-refractivity contribution in [3.63, 3.8) is 0 Å². The first-order valence-electron chi connectivity index (χ1n) is 15.4. The highest BCUT2D eigenvalue weighted by atomic mass is 35.5. The molecule has 0 aromatic heterocycles. The molecular formula is C36H36Cl2FN3O4S. The van der Waals surface area contributed by atoms with Crippen LogP contribution in [0, 0.1) is 12.7 Å². The number of nitrogens with zero attached hydrogens (tertiary/aromatic N) is 2. The number of hydrogen-bond donors (Lipinski definition) is 1. The molecule has 0 radical (unpaired) electrons. The monoisotopic (exact) mass is 695 g/mol. The molecule has 7 nitrogen and oxygen atoms in total. The summed E-state index contributed by atoms with van der Waals surface area (Å²) >= 11 is 13.2. The molecule has 11 heteroatoms. The van der Waals surface area contributed by atoms with Crippen LogP contribution >= 0.6 is 23.2 Å². The van der Waals surface area contributed by atoms with Gasteiger partial charge in [0.25, 0.3) is 10.0 Å². The Kier molecular flexibility index (Phi) is 11.2. The number of sulfonamides is 1. The van der Waals surface area contributed by atoms with Crippen LogP contribution in [0.3, 0.4) is 0 Å². The summed E-state index contributed by atoms with van der Waals surface area (Å²) < 4.78 is 43.0. The van der Waals surface area contributed by atoms with Crippen LogP contribution in [0.2, 0.25) is 10.0 Å². The lowest BCUT2D eigenvalue weighted by Gasteiger charge is -2.34. The molecule has 1 aliphatic carbocycles. The van der Waals surface area contributed by atoms with E-state index in [0.29, 0.717) is 15.6 Å². The molecule has 0 unspecified atom stereocenters. The van der Waals surface area contributed by atoms with E-state index in [2.05, 4.69) is 5.32 Å². The molecule has 4 aromatic carbocycles. The third-order valence-corrected chi connectivity index (χ3v) is 10.9. The maximum Gasteiger partial charge on any atom is 0.264 e. The number of carbonyl (C=O) groups excluding carboxylic acids is 2. The van der Waals surface area contributed by atoms with Gasteiger partial charge in [-0.15, -0.1) is 0 Å². The summed E-state index contributed by atoms with van der Waals surface area (Å²) in [5.74, 6) is -1.59. The molecule has 1 N–H and O–H groups in total. The van der Waals surface area contributed by atoms with Gasteiger partial charge in [-0.1, -0.05) is 90.1 Å². The average Bonchev–Trinajstić information content (AvgIpc) is 3.57. The van der Waals surface area contributed by atoms with Gasteiger partial charge in [-0.3, -0.25) is 13.9 Å². The number of halogens is 3. The first kappa shape index (κ1) is 34.4. The number of rotatable bonds is 12. The summed E-state index contributed by atoms with van der Waals surface area (Å²) in [6.07, 6.45) is 3.84. The predicted molar refractivity (Wildman–Crippen MR) is 183 cm³/mol. The van der Waals surface area contributed by atoms with Crippen LogP contribution in [0.5, 0.6) is 0 Å². The van der Waals surface area contributed by atoms with Crippen LogP contribution in [-0.2, 0) is 32.6 Å². The molecule has 5 rings (SSSR count). The molecule has 1 aliphatic rings. The molecule has 0 heterocycles. The lowest BCUT2D eigenvalue weighted by molar-refractivity contribution is -0.140. The number of anilines is 1. The molecule has 0 bridgehead atoms. The lowest BCUT2D eigenvalue weighted by Crippen LogP contribution is -2.54. The second-order valence-electron chi connectivity index (χ2n) is 11.7. The van der Waals surface area contributed by atoms with E-state index in [-0.39, 0.29) is 35.5 Å². The van der Waals surface area contributed by atoms with Crippen molar-refractivity contribution in [2.24, 2.45) is 0 Å². The van der Waals surface area contributed by atoms with Gasteiger partial charge in [-0.25, -0.2) is 12.8 Å². The van der Waals surface area contributed by atoms with E-state index in [1.807, 2.05) is 37.3 Å². The highest BCUT2D eigenvalue weighted by molar-refractivity contribution is 7.92. The topological polar surface area (TPSA) is 86.8 Å². The maximum atomic E-state index is 14.6. The van der Waals surface area contributed by atoms with Gasteiger partial charge in [0.1, 0.15) is 18.4 Å². The van der Waals surface area contributed by atoms with Gasteiger partial charge in [0, 0.05) is 34.6 Å². The Morgan fingerprint density at radius 1 is 0.872 bits per heavy atom. The zero-order valence-electron chi connectivity index (χ0n) is 25.9. The fourth-order valence-corrected chi connectivity index (χ4v) is 7.68. The van der Waals surface area contributed by atoms with E-state index in [4.69, 9.17) is 23.2 Å². The Morgan fingerprint density at radius 2 is 1.49 bits per heavy atom. The van der Waals surface area contributed by atoms with Crippen LogP contribution in [-0.4, -0.2) is 43.8 Å². The summed E-state index contributed by atoms with van der Waals surface area (Å²) in [5.41, 5.74) is 2.37. The van der Waals surface area contributed by atoms with Gasteiger partial charge in [0.2, 0.25) is 11.8 Å². The predicted octanol–water partition coefficient (Wildman–Crippen LogP) is 7.34. The molecule has 1 saturated carbocycles. The van der Waals surface area contributed by atoms with Crippen molar-refractivity contribution in [3.05, 3.63) is 130 Å². The van der Waals surface area contributed by atoms with Crippen LogP contribution in [0.25, 0.3) is 0 Å². The van der Waals surface area contributed by atoms with Crippen molar-refractivity contribution in [3.8, 4) is 0 Å². The Bertz CT molecular complexity index is 1780. The fourth-order valence-electron chi connectivity index (χ4n) is 5.75. The molecule has 2 amide bonds. The van der Waals surface area contributed by atoms with Crippen molar-refractivity contribution < 1.29 is 22.4 Å². The zero-order chi connectivity index (χ0) is 33.6. The minimum absolute atomic E-state index is 0.0236. The quantitative estimate of drug-likeness (QED) is 0.168. The van der Waals surface area contributed by atoms with Gasteiger partial charge < -0.3 is 10.2 Å². The van der Waals surface area contributed by atoms with Crippen LogP contribution in [0.1, 0.15) is 42.4 Å². The minimum Gasteiger partial charge on any atom is -0.352 e. The molecule has 0 saturated heterocycles. The van der Waals surface area contributed by atoms with Gasteiger partial charge in [-0.2, -0.15) is 0 Å². The van der Waals surface area contributed by atoms with Crippen LogP contribution in [0.4, 0.5) is 10.1 Å². The lowest BCUT2D eigenvalue weighted by atomic mass is 10.0. The molecule has 246 valence electrons. The molecule has 4 aromatic rings. The molecule has 0 spiro atoms. The van der Waals surface area contributed by atoms with Crippen LogP contribution < -0.4 is 9.62 Å². The van der Waals surface area contributed by atoms with E-state index in [9.17, 15) is 22.4 Å². The average molecular weight is 697 g/mol. The van der Waals surface area contributed by atoms with E-state index in [1.165, 1.54) is 4.90 Å². The summed E-state index contributed by atoms with van der Waals surface area (Å²) in [7, 11) is -4.36. The van der Waals surface area contributed by atoms with Crippen LogP contribution in [0.15, 0.2) is 102 Å². The summed E-state index contributed by atoms with van der Waals surface area (Å²) in [5, 5.41) is 3.75. The van der Waals surface area contributed by atoms with Crippen molar-refractivity contribution in [2.45, 2.75) is 62.6 Å². The van der Waals surface area contributed by atoms with Crippen molar-refractivity contribution in [2.75, 3.05) is 10.8 Å². The Hall–Kier alpha value is -3.92. The molecule has 1 atom stereocenters. The van der Waals surface area contributed by atoms with E-state index in [1.54, 1.807) is 42.5 Å². The first-order chi connectivity index (χ1) is 22.5. The number of aryl methyl sites for hydroxylation is 1. The third kappa shape index (κ3) is 8.52. The number of hydrogen-bond acceptors (Lipinski definition) is 4. The molecule has 1 fully saturated rings. The molecule has 0 aliphatic heterocycles. The number of amides is 2. The Morgan fingerprint density at radius 3 is 2.11 bits per heavy atom. The van der Waals surface area contributed by atoms with Crippen molar-refractivity contribution in [1.29, 1.82) is 0 Å². The van der Waals surface area contributed by atoms with Gasteiger partial charge in [0.15, 0.2) is 0 Å². The normalized spacial score (nSPS) is 14.0. The first-order valence-corrected chi connectivity index (χ1v) is 17.6. The second-order valence-corrected chi connectivity index (χ2v) is 14.4. The summed E-state index contributed by atoms with van der Waals surface area (Å²) in [4.78, 5) is 29.9. The summed E-state index contributed by atoms with van der Waals surface area (Å²) in [6, 6.07) is 24.4. The maximum absolute atomic E-state index is 14.6.